The van der Waals surface area contributed by atoms with E-state index in [-0.39, 0.29) is 11.4 Å². The Morgan fingerprint density at radius 1 is 1.45 bits per heavy atom. The average molecular weight is 169 g/mol. The zero-order valence-corrected chi connectivity index (χ0v) is 8.39. The number of hydrogen-bond donors (Lipinski definition) is 0. The van der Waals surface area contributed by atoms with E-state index < -0.39 is 0 Å². The standard InChI is InChI=1S/C8H13O2Si/c1-6(7(9)10-11)5-8(2,3)4/h5H,1-4H3/b6-5+. The molecule has 0 aliphatic heterocycles. The summed E-state index contributed by atoms with van der Waals surface area (Å²) in [5, 5.41) is 0. The molecule has 3 radical (unpaired) electrons. The second kappa shape index (κ2) is 3.71. The highest BCUT2D eigenvalue weighted by molar-refractivity contribution is 6.09. The first-order valence-corrected chi connectivity index (χ1v) is 3.85. The van der Waals surface area contributed by atoms with Crippen LogP contribution in [-0.2, 0) is 9.22 Å². The van der Waals surface area contributed by atoms with Gasteiger partial charge in [-0.25, -0.2) is 4.79 Å². The van der Waals surface area contributed by atoms with E-state index in [9.17, 15) is 4.79 Å². The third-order valence-electron chi connectivity index (χ3n) is 1.06. The number of hydrogen-bond acceptors (Lipinski definition) is 2. The molecule has 0 unspecified atom stereocenters. The maximum atomic E-state index is 10.9. The molecule has 0 saturated heterocycles. The summed E-state index contributed by atoms with van der Waals surface area (Å²) >= 11 is 0. The lowest BCUT2D eigenvalue weighted by molar-refractivity contribution is -0.129. The molecule has 0 amide bonds. The Hall–Kier alpha value is -0.573. The molecule has 0 spiro atoms. The molecule has 0 fully saturated rings. The fourth-order valence-corrected chi connectivity index (χ4v) is 0.950. The minimum atomic E-state index is -0.336. The van der Waals surface area contributed by atoms with Crippen LogP contribution >= 0.6 is 0 Å². The van der Waals surface area contributed by atoms with Crippen molar-refractivity contribution in [2.75, 3.05) is 0 Å². The van der Waals surface area contributed by atoms with Crippen LogP contribution in [0.5, 0.6) is 0 Å². The van der Waals surface area contributed by atoms with Gasteiger partial charge in [0.15, 0.2) is 0 Å². The predicted molar refractivity (Wildman–Crippen MR) is 45.1 cm³/mol. The van der Waals surface area contributed by atoms with Crippen molar-refractivity contribution in [3.63, 3.8) is 0 Å². The Bertz CT molecular complexity index is 177. The van der Waals surface area contributed by atoms with Gasteiger partial charge in [0.2, 0.25) is 0 Å². The largest absolute Gasteiger partial charge is 0.513 e. The van der Waals surface area contributed by atoms with E-state index in [1.54, 1.807) is 6.92 Å². The third kappa shape index (κ3) is 4.78. The summed E-state index contributed by atoms with van der Waals surface area (Å²) in [5.74, 6) is -0.336. The fourth-order valence-electron chi connectivity index (χ4n) is 0.789. The van der Waals surface area contributed by atoms with Crippen molar-refractivity contribution in [1.82, 2.24) is 0 Å². The molecule has 0 heterocycles. The Morgan fingerprint density at radius 2 is 1.91 bits per heavy atom. The number of allylic oxidation sites excluding steroid dienone is 1. The zero-order chi connectivity index (χ0) is 9.07. The van der Waals surface area contributed by atoms with Crippen LogP contribution in [0.1, 0.15) is 27.7 Å². The molecule has 0 N–H and O–H groups in total. The monoisotopic (exact) mass is 169 g/mol. The summed E-state index contributed by atoms with van der Waals surface area (Å²) in [5.41, 5.74) is 0.636. The quantitative estimate of drug-likeness (QED) is 0.440. The van der Waals surface area contributed by atoms with E-state index in [1.807, 2.05) is 26.8 Å². The van der Waals surface area contributed by atoms with Crippen LogP contribution in [0.25, 0.3) is 0 Å². The first kappa shape index (κ1) is 10.4. The summed E-state index contributed by atoms with van der Waals surface area (Å²) in [4.78, 5) is 10.9. The van der Waals surface area contributed by atoms with Crippen molar-refractivity contribution in [3.05, 3.63) is 11.6 Å². The van der Waals surface area contributed by atoms with Crippen LogP contribution in [0.4, 0.5) is 0 Å². The molecule has 61 valence electrons. The van der Waals surface area contributed by atoms with E-state index in [2.05, 4.69) is 14.9 Å². The topological polar surface area (TPSA) is 26.3 Å². The van der Waals surface area contributed by atoms with Crippen molar-refractivity contribution in [3.8, 4) is 0 Å². The molecule has 0 aliphatic carbocycles. The van der Waals surface area contributed by atoms with Gasteiger partial charge in [0.1, 0.15) is 0 Å². The highest BCUT2D eigenvalue weighted by atomic mass is 28.2. The van der Waals surface area contributed by atoms with Gasteiger partial charge in [0.25, 0.3) is 0 Å². The molecule has 0 bridgehead atoms. The van der Waals surface area contributed by atoms with Gasteiger partial charge < -0.3 is 4.43 Å². The fraction of sp³-hybridized carbons (Fsp3) is 0.625. The zero-order valence-electron chi connectivity index (χ0n) is 7.39. The van der Waals surface area contributed by atoms with Crippen LogP contribution in [0, 0.1) is 5.41 Å². The minimum Gasteiger partial charge on any atom is -0.513 e. The number of carbonyl (C=O) groups excluding carboxylic acids is 1. The lowest BCUT2D eigenvalue weighted by Gasteiger charge is -2.12. The molecule has 0 aliphatic rings. The van der Waals surface area contributed by atoms with Crippen LogP contribution in [0.2, 0.25) is 0 Å². The van der Waals surface area contributed by atoms with Gasteiger partial charge in [0.05, 0.1) is 0 Å². The highest BCUT2D eigenvalue weighted by Crippen LogP contribution is 2.17. The Morgan fingerprint density at radius 3 is 2.18 bits per heavy atom. The van der Waals surface area contributed by atoms with Gasteiger partial charge in [-0.3, -0.25) is 0 Å². The van der Waals surface area contributed by atoms with Crippen LogP contribution in [0.3, 0.4) is 0 Å². The maximum absolute atomic E-state index is 10.9. The molecular formula is C8H13O2Si. The van der Waals surface area contributed by atoms with Crippen LogP contribution in [0.15, 0.2) is 11.6 Å². The van der Waals surface area contributed by atoms with Crippen LogP contribution in [-0.4, -0.2) is 16.5 Å². The molecule has 11 heavy (non-hydrogen) atoms. The first-order valence-electron chi connectivity index (χ1n) is 3.44. The Kier molecular flexibility index (Phi) is 3.52. The molecule has 0 aromatic rings. The molecule has 0 aromatic heterocycles. The first-order chi connectivity index (χ1) is 4.87. The van der Waals surface area contributed by atoms with Crippen LogP contribution < -0.4 is 0 Å². The third-order valence-corrected chi connectivity index (χ3v) is 1.25. The summed E-state index contributed by atoms with van der Waals surface area (Å²) in [6.07, 6.45) is 1.87. The van der Waals surface area contributed by atoms with E-state index in [0.717, 1.165) is 0 Å². The summed E-state index contributed by atoms with van der Waals surface area (Å²) < 4.78 is 4.36. The van der Waals surface area contributed by atoms with Crippen molar-refractivity contribution in [2.24, 2.45) is 5.41 Å². The lowest BCUT2D eigenvalue weighted by Crippen LogP contribution is -2.08. The molecule has 2 nitrogen and oxygen atoms in total. The van der Waals surface area contributed by atoms with E-state index in [0.29, 0.717) is 5.57 Å². The van der Waals surface area contributed by atoms with Gasteiger partial charge in [-0.05, 0) is 12.3 Å². The smallest absolute Gasteiger partial charge is 0.345 e. The van der Waals surface area contributed by atoms with Gasteiger partial charge in [-0.15, -0.1) is 0 Å². The second-order valence-corrected chi connectivity index (χ2v) is 3.79. The van der Waals surface area contributed by atoms with E-state index in [1.165, 1.54) is 0 Å². The normalized spacial score (nSPS) is 13.0. The summed E-state index contributed by atoms with van der Waals surface area (Å²) in [7, 11) is 2.68. The number of rotatable bonds is 1. The Balaban J connectivity index is 4.34. The summed E-state index contributed by atoms with van der Waals surface area (Å²) in [6.45, 7) is 7.81. The van der Waals surface area contributed by atoms with E-state index >= 15 is 0 Å². The van der Waals surface area contributed by atoms with Gasteiger partial charge in [0, 0.05) is 5.57 Å². The predicted octanol–water partition coefficient (Wildman–Crippen LogP) is 1.61. The second-order valence-electron chi connectivity index (χ2n) is 3.58. The van der Waals surface area contributed by atoms with Crippen molar-refractivity contribution < 1.29 is 9.22 Å². The van der Waals surface area contributed by atoms with Gasteiger partial charge >= 0.3 is 16.5 Å². The number of carbonyl (C=O) groups is 1. The van der Waals surface area contributed by atoms with Gasteiger partial charge in [-0.1, -0.05) is 26.8 Å². The molecule has 0 aromatic carbocycles. The lowest BCUT2D eigenvalue weighted by atomic mass is 9.94. The minimum absolute atomic E-state index is 0.0183. The van der Waals surface area contributed by atoms with Crippen molar-refractivity contribution in [1.29, 1.82) is 0 Å². The average Bonchev–Trinajstić information content (AvgIpc) is 1.82. The SMILES string of the molecule is C/C(=C\C(C)(C)C)C(=O)O[Si]. The van der Waals surface area contributed by atoms with E-state index in [4.69, 9.17) is 0 Å². The van der Waals surface area contributed by atoms with Gasteiger partial charge in [-0.2, -0.15) is 0 Å². The molecular weight excluding hydrogens is 156 g/mol. The van der Waals surface area contributed by atoms with Crippen molar-refractivity contribution in [2.45, 2.75) is 27.7 Å². The highest BCUT2D eigenvalue weighted by Gasteiger charge is 2.10. The Labute approximate surface area is 71.2 Å². The molecule has 0 atom stereocenters. The maximum Gasteiger partial charge on any atom is 0.345 e. The van der Waals surface area contributed by atoms with Crippen molar-refractivity contribution >= 4 is 16.5 Å². The molecule has 3 heteroatoms. The molecule has 0 rings (SSSR count). The molecule has 0 saturated carbocycles. The summed E-state index contributed by atoms with van der Waals surface area (Å²) in [6, 6.07) is 0.